The first-order chi connectivity index (χ1) is 9.02. The number of hydrogen-bond donors (Lipinski definition) is 1. The van der Waals surface area contributed by atoms with Gasteiger partial charge in [0.1, 0.15) is 5.82 Å². The molecule has 1 atom stereocenters. The fourth-order valence-electron chi connectivity index (χ4n) is 2.02. The number of benzene rings is 1. The van der Waals surface area contributed by atoms with Gasteiger partial charge in [-0.2, -0.15) is 0 Å². The number of imide groups is 1. The van der Waals surface area contributed by atoms with E-state index in [2.05, 4.69) is 21.2 Å². The van der Waals surface area contributed by atoms with E-state index in [1.807, 2.05) is 6.92 Å². The molecule has 1 saturated heterocycles. The summed E-state index contributed by atoms with van der Waals surface area (Å²) in [6, 6.07) is 3.88. The molecular weight excluding hydrogens is 315 g/mol. The molecule has 1 unspecified atom stereocenters. The van der Waals surface area contributed by atoms with Crippen molar-refractivity contribution < 1.29 is 14.0 Å². The van der Waals surface area contributed by atoms with Gasteiger partial charge in [0, 0.05) is 4.47 Å². The molecule has 1 aliphatic heterocycles. The standard InChI is InChI=1S/C13H14BrFN2O2/c1-2-11-13(19)17(12(18)6-16-11)7-8-5-9(15)3-4-10(8)14/h3-5,11,16H,2,6-7H2,1H3. The molecule has 2 amide bonds. The molecule has 1 aromatic rings. The zero-order valence-electron chi connectivity index (χ0n) is 10.5. The molecular formula is C13H14BrFN2O2. The Morgan fingerprint density at radius 1 is 1.47 bits per heavy atom. The maximum atomic E-state index is 13.2. The van der Waals surface area contributed by atoms with Gasteiger partial charge >= 0.3 is 0 Å². The van der Waals surface area contributed by atoms with Crippen molar-refractivity contribution in [2.45, 2.75) is 25.9 Å². The number of carbonyl (C=O) groups excluding carboxylic acids is 2. The molecule has 0 spiro atoms. The van der Waals surface area contributed by atoms with E-state index in [-0.39, 0.29) is 36.8 Å². The molecule has 4 nitrogen and oxygen atoms in total. The summed E-state index contributed by atoms with van der Waals surface area (Å²) >= 11 is 3.30. The van der Waals surface area contributed by atoms with Crippen LogP contribution in [0.2, 0.25) is 0 Å². The molecule has 0 bridgehead atoms. The van der Waals surface area contributed by atoms with Crippen molar-refractivity contribution in [3.8, 4) is 0 Å². The predicted molar refractivity (Wildman–Crippen MR) is 71.7 cm³/mol. The molecule has 1 fully saturated rings. The lowest BCUT2D eigenvalue weighted by atomic mass is 10.1. The Balaban J connectivity index is 2.22. The highest BCUT2D eigenvalue weighted by molar-refractivity contribution is 9.10. The highest BCUT2D eigenvalue weighted by Gasteiger charge is 2.33. The topological polar surface area (TPSA) is 49.4 Å². The molecule has 19 heavy (non-hydrogen) atoms. The summed E-state index contributed by atoms with van der Waals surface area (Å²) in [5.41, 5.74) is 0.582. The molecule has 6 heteroatoms. The molecule has 1 N–H and O–H groups in total. The van der Waals surface area contributed by atoms with Crippen molar-refractivity contribution in [3.05, 3.63) is 34.1 Å². The highest BCUT2D eigenvalue weighted by atomic mass is 79.9. The molecule has 0 aliphatic carbocycles. The van der Waals surface area contributed by atoms with Crippen LogP contribution >= 0.6 is 15.9 Å². The maximum absolute atomic E-state index is 13.2. The average molecular weight is 329 g/mol. The zero-order valence-corrected chi connectivity index (χ0v) is 12.0. The second kappa shape index (κ2) is 5.79. The van der Waals surface area contributed by atoms with Crippen LogP contribution in [0.5, 0.6) is 0 Å². The lowest BCUT2D eigenvalue weighted by Gasteiger charge is -2.31. The quantitative estimate of drug-likeness (QED) is 0.861. The minimum absolute atomic E-state index is 0.0915. The van der Waals surface area contributed by atoms with E-state index in [0.29, 0.717) is 16.5 Å². The SMILES string of the molecule is CCC1NCC(=O)N(Cc2cc(F)ccc2Br)C1=O. The summed E-state index contributed by atoms with van der Waals surface area (Å²) in [4.78, 5) is 25.1. The number of nitrogens with zero attached hydrogens (tertiary/aromatic N) is 1. The largest absolute Gasteiger partial charge is 0.297 e. The smallest absolute Gasteiger partial charge is 0.246 e. The van der Waals surface area contributed by atoms with Crippen molar-refractivity contribution >= 4 is 27.7 Å². The number of amides is 2. The van der Waals surface area contributed by atoms with Crippen LogP contribution in [0.15, 0.2) is 22.7 Å². The number of rotatable bonds is 3. The normalized spacial score (nSPS) is 19.9. The van der Waals surface area contributed by atoms with E-state index < -0.39 is 0 Å². The summed E-state index contributed by atoms with van der Waals surface area (Å²) < 4.78 is 13.9. The van der Waals surface area contributed by atoms with Crippen LogP contribution in [0.25, 0.3) is 0 Å². The number of halogens is 2. The van der Waals surface area contributed by atoms with Gasteiger partial charge in [0.2, 0.25) is 11.8 Å². The molecule has 0 saturated carbocycles. The second-order valence-electron chi connectivity index (χ2n) is 4.40. The fraction of sp³-hybridized carbons (Fsp3) is 0.385. The second-order valence-corrected chi connectivity index (χ2v) is 5.25. The fourth-order valence-corrected chi connectivity index (χ4v) is 2.40. The maximum Gasteiger partial charge on any atom is 0.246 e. The summed E-state index contributed by atoms with van der Waals surface area (Å²) in [6.45, 7) is 2.10. The van der Waals surface area contributed by atoms with Gasteiger partial charge in [-0.05, 0) is 30.2 Å². The van der Waals surface area contributed by atoms with Crippen molar-refractivity contribution in [2.24, 2.45) is 0 Å². The third-order valence-corrected chi connectivity index (χ3v) is 3.88. The molecule has 0 aromatic heterocycles. The van der Waals surface area contributed by atoms with E-state index in [4.69, 9.17) is 0 Å². The van der Waals surface area contributed by atoms with Gasteiger partial charge in [-0.25, -0.2) is 4.39 Å². The van der Waals surface area contributed by atoms with Gasteiger partial charge < -0.3 is 0 Å². The third-order valence-electron chi connectivity index (χ3n) is 3.11. The van der Waals surface area contributed by atoms with Crippen molar-refractivity contribution in [3.63, 3.8) is 0 Å². The minimum atomic E-state index is -0.389. The first-order valence-corrected chi connectivity index (χ1v) is 6.83. The van der Waals surface area contributed by atoms with Gasteiger partial charge in [0.05, 0.1) is 19.1 Å². The number of hydrogen-bond acceptors (Lipinski definition) is 3. The van der Waals surface area contributed by atoms with Crippen LogP contribution in [0.4, 0.5) is 4.39 Å². The third kappa shape index (κ3) is 3.01. The van der Waals surface area contributed by atoms with Crippen LogP contribution < -0.4 is 5.32 Å². The Kier molecular flexibility index (Phi) is 4.31. The van der Waals surface area contributed by atoms with Crippen LogP contribution in [0.3, 0.4) is 0 Å². The summed E-state index contributed by atoms with van der Waals surface area (Å²) in [6.07, 6.45) is 0.618. The van der Waals surface area contributed by atoms with Gasteiger partial charge in [-0.15, -0.1) is 0 Å². The van der Waals surface area contributed by atoms with E-state index in [0.717, 1.165) is 0 Å². The van der Waals surface area contributed by atoms with Gasteiger partial charge in [0.15, 0.2) is 0 Å². The zero-order chi connectivity index (χ0) is 14.0. The van der Waals surface area contributed by atoms with Crippen molar-refractivity contribution in [1.82, 2.24) is 10.2 Å². The van der Waals surface area contributed by atoms with Crippen LogP contribution in [-0.2, 0) is 16.1 Å². The minimum Gasteiger partial charge on any atom is -0.297 e. The Morgan fingerprint density at radius 3 is 2.89 bits per heavy atom. The Hall–Kier alpha value is -1.27. The van der Waals surface area contributed by atoms with Crippen LogP contribution in [0, 0.1) is 5.82 Å². The monoisotopic (exact) mass is 328 g/mol. The number of nitrogens with one attached hydrogen (secondary N) is 1. The first-order valence-electron chi connectivity index (χ1n) is 6.04. The number of piperazine rings is 1. The van der Waals surface area contributed by atoms with E-state index in [1.54, 1.807) is 6.07 Å². The Labute approximate surface area is 119 Å². The Morgan fingerprint density at radius 2 is 2.21 bits per heavy atom. The van der Waals surface area contributed by atoms with Crippen molar-refractivity contribution in [1.29, 1.82) is 0 Å². The van der Waals surface area contributed by atoms with Gasteiger partial charge in [-0.1, -0.05) is 22.9 Å². The van der Waals surface area contributed by atoms with E-state index >= 15 is 0 Å². The van der Waals surface area contributed by atoms with E-state index in [9.17, 15) is 14.0 Å². The van der Waals surface area contributed by atoms with Crippen LogP contribution in [-0.4, -0.2) is 29.3 Å². The molecule has 0 radical (unpaired) electrons. The van der Waals surface area contributed by atoms with Gasteiger partial charge in [0.25, 0.3) is 0 Å². The van der Waals surface area contributed by atoms with Crippen LogP contribution in [0.1, 0.15) is 18.9 Å². The highest BCUT2D eigenvalue weighted by Crippen LogP contribution is 2.21. The Bertz CT molecular complexity index is 521. The summed E-state index contributed by atoms with van der Waals surface area (Å²) in [5, 5.41) is 2.88. The average Bonchev–Trinajstić information content (AvgIpc) is 2.38. The lowest BCUT2D eigenvalue weighted by molar-refractivity contribution is -0.150. The van der Waals surface area contributed by atoms with Gasteiger partial charge in [-0.3, -0.25) is 19.8 Å². The lowest BCUT2D eigenvalue weighted by Crippen LogP contribution is -2.57. The first kappa shape index (κ1) is 14.1. The molecule has 1 aliphatic rings. The van der Waals surface area contributed by atoms with Crippen molar-refractivity contribution in [2.75, 3.05) is 6.54 Å². The molecule has 1 aromatic carbocycles. The summed E-state index contributed by atoms with van der Waals surface area (Å²) in [7, 11) is 0. The number of carbonyl (C=O) groups is 2. The molecule has 1 heterocycles. The summed E-state index contributed by atoms with van der Waals surface area (Å²) in [5.74, 6) is -0.930. The van der Waals surface area contributed by atoms with E-state index in [1.165, 1.54) is 17.0 Å². The molecule has 2 rings (SSSR count). The predicted octanol–water partition coefficient (Wildman–Crippen LogP) is 1.83. The molecule has 102 valence electrons.